The lowest BCUT2D eigenvalue weighted by molar-refractivity contribution is 0.284. The molecule has 0 nitrogen and oxygen atoms in total. The van der Waals surface area contributed by atoms with Crippen molar-refractivity contribution in [1.29, 1.82) is 0 Å². The van der Waals surface area contributed by atoms with Gasteiger partial charge in [0.05, 0.1) is 0 Å². The zero-order valence-electron chi connectivity index (χ0n) is 22.7. The van der Waals surface area contributed by atoms with Crippen molar-refractivity contribution < 1.29 is 0 Å². The van der Waals surface area contributed by atoms with Crippen molar-refractivity contribution in [1.82, 2.24) is 0 Å². The fourth-order valence-corrected chi connectivity index (χ4v) is 16.6. The molecule has 4 aromatic carbocycles. The molecule has 190 valence electrons. The number of allylic oxidation sites excluding steroid dienone is 2. The average molecular weight is 511 g/mol. The molecule has 0 radical (unpaired) electrons. The molecule has 0 saturated heterocycles. The molecule has 12 aliphatic rings. The van der Waals surface area contributed by atoms with Gasteiger partial charge in [-0.05, 0) is 221 Å². The van der Waals surface area contributed by atoms with E-state index in [-0.39, 0.29) is 0 Å². The summed E-state index contributed by atoms with van der Waals surface area (Å²) in [4.78, 5) is 0. The number of benzene rings is 4. The van der Waals surface area contributed by atoms with Gasteiger partial charge in [0.2, 0.25) is 0 Å². The Balaban J connectivity index is 1.31. The summed E-state index contributed by atoms with van der Waals surface area (Å²) >= 11 is 0. The van der Waals surface area contributed by atoms with Gasteiger partial charge in [-0.3, -0.25) is 0 Å². The van der Waals surface area contributed by atoms with Gasteiger partial charge >= 0.3 is 0 Å². The molecule has 0 N–H and O–H groups in total. The Morgan fingerprint density at radius 1 is 0.300 bits per heavy atom. The summed E-state index contributed by atoms with van der Waals surface area (Å²) in [6, 6.07) is 0. The van der Waals surface area contributed by atoms with Crippen molar-refractivity contribution in [3.8, 4) is 11.1 Å². The number of rotatable bonds is 0. The van der Waals surface area contributed by atoms with E-state index in [4.69, 9.17) is 0 Å². The first-order valence-corrected chi connectivity index (χ1v) is 17.3. The average Bonchev–Trinajstić information content (AvgIpc) is 3.79. The Bertz CT molecular complexity index is 2100. The van der Waals surface area contributed by atoms with E-state index in [1.54, 1.807) is 0 Å². The maximum Gasteiger partial charge on any atom is -0.000771 e. The van der Waals surface area contributed by atoms with E-state index in [0.717, 1.165) is 71.0 Å². The van der Waals surface area contributed by atoms with Crippen molar-refractivity contribution in [3.63, 3.8) is 0 Å². The summed E-state index contributed by atoms with van der Waals surface area (Å²) < 4.78 is 0. The Morgan fingerprint density at radius 2 is 0.625 bits per heavy atom. The van der Waals surface area contributed by atoms with Gasteiger partial charge in [0.1, 0.15) is 0 Å². The fourth-order valence-electron chi connectivity index (χ4n) is 16.6. The highest BCUT2D eigenvalue weighted by Crippen LogP contribution is 2.81. The van der Waals surface area contributed by atoms with E-state index < -0.39 is 0 Å². The lowest BCUT2D eigenvalue weighted by Gasteiger charge is -2.41. The molecule has 0 bridgehead atoms. The van der Waals surface area contributed by atoms with Gasteiger partial charge in [0.25, 0.3) is 0 Å². The maximum atomic E-state index is 2.83. The summed E-state index contributed by atoms with van der Waals surface area (Å²) in [7, 11) is 0. The molecule has 0 aliphatic heterocycles. The van der Waals surface area contributed by atoms with Crippen LogP contribution in [0.1, 0.15) is 166 Å². The third-order valence-electron chi connectivity index (χ3n) is 16.8. The van der Waals surface area contributed by atoms with E-state index in [1.807, 2.05) is 99.1 Å². The highest BCUT2D eigenvalue weighted by atomic mass is 14.7. The first-order valence-electron chi connectivity index (χ1n) is 17.3. The lowest BCUT2D eigenvalue weighted by Crippen LogP contribution is -2.28. The normalized spacial score (nSPS) is 46.1. The van der Waals surface area contributed by atoms with Crippen LogP contribution < -0.4 is 0 Å². The SMILES string of the molecule is C1=CC2C3CCC4c5c3c3c6c7c5c5c8c9c%10c%11c%12c%13c%14c(c-6c%12c97)C(C1C%14CCC%13C%11CCC%10C8CCC54)C32. The van der Waals surface area contributed by atoms with Crippen LogP contribution in [0.4, 0.5) is 0 Å². The summed E-state index contributed by atoms with van der Waals surface area (Å²) in [5.74, 6) is 9.89. The molecule has 4 aromatic rings. The molecule has 12 atom stereocenters. The van der Waals surface area contributed by atoms with Crippen LogP contribution in [0.5, 0.6) is 0 Å². The quantitative estimate of drug-likeness (QED) is 0.144. The third kappa shape index (κ3) is 1.26. The van der Waals surface area contributed by atoms with Crippen molar-refractivity contribution >= 4 is 32.3 Å². The van der Waals surface area contributed by atoms with Crippen LogP contribution in [0, 0.1) is 11.8 Å². The van der Waals surface area contributed by atoms with Gasteiger partial charge in [-0.25, -0.2) is 0 Å². The Labute approximate surface area is 233 Å². The molecule has 0 spiro atoms. The van der Waals surface area contributed by atoms with E-state index in [9.17, 15) is 0 Å². The van der Waals surface area contributed by atoms with Crippen LogP contribution in [-0.2, 0) is 0 Å². The van der Waals surface area contributed by atoms with Gasteiger partial charge in [0, 0.05) is 0 Å². The van der Waals surface area contributed by atoms with Crippen LogP contribution >= 0.6 is 0 Å². The van der Waals surface area contributed by atoms with Gasteiger partial charge < -0.3 is 0 Å². The highest BCUT2D eigenvalue weighted by molar-refractivity contribution is 6.39. The van der Waals surface area contributed by atoms with Crippen molar-refractivity contribution in [2.24, 2.45) is 11.8 Å². The van der Waals surface area contributed by atoms with Crippen LogP contribution in [0.3, 0.4) is 0 Å². The lowest BCUT2D eigenvalue weighted by atomic mass is 9.62. The Morgan fingerprint density at radius 3 is 1.02 bits per heavy atom. The Hall–Kier alpha value is -2.60. The molecular formula is C40H30. The monoisotopic (exact) mass is 510 g/mol. The largest absolute Gasteiger partial charge is 0.0839 e. The molecule has 0 aromatic heterocycles. The molecule has 0 heterocycles. The molecule has 40 heavy (non-hydrogen) atoms. The second-order valence-corrected chi connectivity index (χ2v) is 16.9. The molecule has 0 amide bonds. The van der Waals surface area contributed by atoms with Crippen LogP contribution in [-0.4, -0.2) is 0 Å². The van der Waals surface area contributed by atoms with Gasteiger partial charge in [0.15, 0.2) is 0 Å². The standard InChI is InChI=1S/C40H30/c1-2-12-14-5-6-16-18-9-10-20-19-8-7-17-15-4-3-13-11(1)21-22(12)32-24(14)26(16)34-29(18)30(20)35-28(19)27(17)33-25(15)23(13)31(21)36-37(32)39(34)40(35)38(33)36/h1-2,11-22H,3-10H2. The fraction of sp³-hybridized carbons (Fsp3) is 0.500. The first kappa shape index (κ1) is 18.0. The second kappa shape index (κ2) is 4.81. The van der Waals surface area contributed by atoms with Gasteiger partial charge in [-0.1, -0.05) is 12.2 Å². The topological polar surface area (TPSA) is 0 Å². The van der Waals surface area contributed by atoms with Crippen molar-refractivity contribution in [3.05, 3.63) is 67.8 Å². The van der Waals surface area contributed by atoms with Crippen molar-refractivity contribution in [2.45, 2.75) is 111 Å². The summed E-state index contributed by atoms with van der Waals surface area (Å²) in [6.45, 7) is 0. The van der Waals surface area contributed by atoms with E-state index in [0.29, 0.717) is 0 Å². The molecule has 0 fully saturated rings. The Kier molecular flexibility index (Phi) is 2.17. The second-order valence-electron chi connectivity index (χ2n) is 16.9. The molecule has 0 saturated carbocycles. The minimum Gasteiger partial charge on any atom is -0.0839 e. The predicted molar refractivity (Wildman–Crippen MR) is 158 cm³/mol. The van der Waals surface area contributed by atoms with Crippen LogP contribution in [0.15, 0.2) is 12.2 Å². The van der Waals surface area contributed by atoms with Gasteiger partial charge in [-0.15, -0.1) is 0 Å². The molecule has 0 heteroatoms. The first-order chi connectivity index (χ1) is 19.9. The summed E-state index contributed by atoms with van der Waals surface area (Å²) in [6.07, 6.45) is 17.5. The van der Waals surface area contributed by atoms with Gasteiger partial charge in [-0.2, -0.15) is 0 Å². The minimum absolute atomic E-state index is 0.788. The maximum absolute atomic E-state index is 2.83. The molecular weight excluding hydrogens is 480 g/mol. The number of hydrogen-bond donors (Lipinski definition) is 0. The highest BCUT2D eigenvalue weighted by Gasteiger charge is 2.64. The number of fused-ring (bicyclic) bond motifs is 5. The number of hydrogen-bond acceptors (Lipinski definition) is 0. The third-order valence-corrected chi connectivity index (χ3v) is 16.8. The molecule has 16 rings (SSSR count). The van der Waals surface area contributed by atoms with Crippen LogP contribution in [0.2, 0.25) is 0 Å². The van der Waals surface area contributed by atoms with E-state index in [2.05, 4.69) is 12.2 Å². The van der Waals surface area contributed by atoms with E-state index >= 15 is 0 Å². The summed E-state index contributed by atoms with van der Waals surface area (Å²) in [5.41, 5.74) is 23.4. The molecule has 12 aliphatic carbocycles. The predicted octanol–water partition coefficient (Wildman–Crippen LogP) is 10.0. The molecule has 12 unspecified atom stereocenters. The zero-order valence-corrected chi connectivity index (χ0v) is 22.7. The zero-order chi connectivity index (χ0) is 24.4. The summed E-state index contributed by atoms with van der Waals surface area (Å²) in [5, 5.41) is 11.2. The smallest absolute Gasteiger partial charge is 0.000771 e. The van der Waals surface area contributed by atoms with Crippen molar-refractivity contribution in [2.75, 3.05) is 0 Å². The van der Waals surface area contributed by atoms with E-state index in [1.165, 1.54) is 51.4 Å². The van der Waals surface area contributed by atoms with Crippen LogP contribution in [0.25, 0.3) is 43.4 Å². The minimum atomic E-state index is 0.788.